The number of primary amides is 1. The lowest BCUT2D eigenvalue weighted by atomic mass is 9.69. The molecule has 1 amide bonds. The summed E-state index contributed by atoms with van der Waals surface area (Å²) in [5.74, 6) is -3.61. The molecule has 232 valence electrons. The Balaban J connectivity index is 0.000000215. The van der Waals surface area contributed by atoms with Crippen molar-refractivity contribution in [3.05, 3.63) is 0 Å². The fourth-order valence-corrected chi connectivity index (χ4v) is 7.30. The zero-order valence-electron chi connectivity index (χ0n) is 24.1. The number of ether oxygens (including phenoxy) is 1. The summed E-state index contributed by atoms with van der Waals surface area (Å²) < 4.78 is 4.54. The van der Waals surface area contributed by atoms with Crippen LogP contribution >= 0.6 is 0 Å². The van der Waals surface area contributed by atoms with E-state index in [-0.39, 0.29) is 54.4 Å². The summed E-state index contributed by atoms with van der Waals surface area (Å²) in [4.78, 5) is 65.1. The van der Waals surface area contributed by atoms with Crippen LogP contribution in [0.4, 0.5) is 0 Å². The topological polar surface area (TPSA) is 198 Å². The number of carboxylic acids is 3. The smallest absolute Gasteiger partial charge is 0.314 e. The highest BCUT2D eigenvalue weighted by atomic mass is 16.6. The lowest BCUT2D eigenvalue weighted by molar-refractivity contribution is -0.170. The number of carboxylic acid groups (broad SMARTS) is 3. The Hall–Kier alpha value is -2.98. The van der Waals surface area contributed by atoms with Crippen molar-refractivity contribution in [1.29, 1.82) is 0 Å². The fraction of sp³-hybridized carbons (Fsp3) is 0.800. The van der Waals surface area contributed by atoms with Crippen molar-refractivity contribution in [2.75, 3.05) is 0 Å². The van der Waals surface area contributed by atoms with Gasteiger partial charge in [-0.15, -0.1) is 0 Å². The van der Waals surface area contributed by atoms with Gasteiger partial charge in [-0.25, -0.2) is 0 Å². The Labute approximate surface area is 241 Å². The van der Waals surface area contributed by atoms with Crippen molar-refractivity contribution < 1.29 is 48.8 Å². The van der Waals surface area contributed by atoms with Gasteiger partial charge in [0.15, 0.2) is 0 Å². The predicted octanol–water partition coefficient (Wildman–Crippen LogP) is 4.97. The lowest BCUT2D eigenvalue weighted by Crippen LogP contribution is -2.37. The Morgan fingerprint density at radius 1 is 0.561 bits per heavy atom. The van der Waals surface area contributed by atoms with E-state index in [0.717, 1.165) is 89.9 Å². The van der Waals surface area contributed by atoms with E-state index < -0.39 is 23.3 Å². The minimum absolute atomic E-state index is 0.000694. The molecule has 0 aromatic rings. The van der Waals surface area contributed by atoms with Gasteiger partial charge in [0, 0.05) is 6.42 Å². The summed E-state index contributed by atoms with van der Waals surface area (Å²) in [6.45, 7) is 0. The molecule has 0 atom stereocenters. The Morgan fingerprint density at radius 3 is 1.20 bits per heavy atom. The molecule has 5 N–H and O–H groups in total. The van der Waals surface area contributed by atoms with Gasteiger partial charge >= 0.3 is 29.8 Å². The number of hydrogen-bond donors (Lipinski definition) is 4. The first kappa shape index (κ1) is 34.2. The largest absolute Gasteiger partial charge is 0.481 e. The molecule has 0 bridgehead atoms. The van der Waals surface area contributed by atoms with Crippen LogP contribution in [0.5, 0.6) is 0 Å². The van der Waals surface area contributed by atoms with Crippen molar-refractivity contribution in [1.82, 2.24) is 0 Å². The summed E-state index contributed by atoms with van der Waals surface area (Å²) in [5, 5.41) is 26.3. The molecular formula is C30H47NO10. The first-order valence-electron chi connectivity index (χ1n) is 15.0. The first-order chi connectivity index (χ1) is 19.3. The minimum Gasteiger partial charge on any atom is -0.481 e. The quantitative estimate of drug-likeness (QED) is 0.224. The van der Waals surface area contributed by atoms with Crippen LogP contribution in [0.25, 0.3) is 0 Å². The highest BCUT2D eigenvalue weighted by molar-refractivity contribution is 5.89. The zero-order chi connectivity index (χ0) is 30.5. The van der Waals surface area contributed by atoms with Gasteiger partial charge in [-0.3, -0.25) is 28.8 Å². The number of amides is 1. The lowest BCUT2D eigenvalue weighted by Gasteiger charge is -2.37. The van der Waals surface area contributed by atoms with E-state index in [1.54, 1.807) is 0 Å². The van der Waals surface area contributed by atoms with Crippen molar-refractivity contribution in [3.8, 4) is 0 Å². The molecule has 4 rings (SSSR count). The maximum absolute atomic E-state index is 11.1. The molecule has 0 aromatic carbocycles. The van der Waals surface area contributed by atoms with Crippen molar-refractivity contribution in [2.45, 2.75) is 135 Å². The highest BCUT2D eigenvalue weighted by Gasteiger charge is 2.42. The second-order valence-corrected chi connectivity index (χ2v) is 12.7. The van der Waals surface area contributed by atoms with E-state index in [2.05, 4.69) is 4.74 Å². The third-order valence-corrected chi connectivity index (χ3v) is 9.14. The second kappa shape index (κ2) is 15.9. The van der Waals surface area contributed by atoms with Gasteiger partial charge in [0.05, 0.1) is 32.1 Å². The monoisotopic (exact) mass is 581 g/mol. The van der Waals surface area contributed by atoms with Gasteiger partial charge in [0.2, 0.25) is 5.91 Å². The molecule has 1 saturated heterocycles. The van der Waals surface area contributed by atoms with E-state index in [1.807, 2.05) is 0 Å². The third kappa shape index (κ3) is 12.2. The van der Waals surface area contributed by atoms with Gasteiger partial charge in [-0.2, -0.15) is 0 Å². The maximum Gasteiger partial charge on any atom is 0.314 e. The Bertz CT molecular complexity index is 837. The number of carbonyl (C=O) groups excluding carboxylic acids is 3. The van der Waals surface area contributed by atoms with Gasteiger partial charge in [0.25, 0.3) is 0 Å². The predicted molar refractivity (Wildman–Crippen MR) is 147 cm³/mol. The van der Waals surface area contributed by atoms with Crippen LogP contribution in [0.15, 0.2) is 0 Å². The van der Waals surface area contributed by atoms with Crippen LogP contribution in [0.1, 0.15) is 135 Å². The standard InChI is InChI=1S/C10H17NO3.C10H16O4.C10H14O3/c2*11-8(12)6-10(7-9(13)14)4-2-1-3-5-10;11-8-6-10(7-9(12)13-8)4-2-1-3-5-10/h1-7H2,(H2,11,12)(H,13,14);1-7H2,(H,11,12)(H,13,14);1-7H2. The van der Waals surface area contributed by atoms with Crippen LogP contribution in [0.2, 0.25) is 0 Å². The number of cyclic esters (lactones) is 2. The SMILES string of the molecule is NC(=O)CC1(CC(=O)O)CCCCC1.O=C(O)CC1(CC(=O)O)CCCCC1.O=C1CC2(CCCCC2)CC(=O)O1. The van der Waals surface area contributed by atoms with E-state index in [1.165, 1.54) is 6.42 Å². The minimum atomic E-state index is -0.881. The van der Waals surface area contributed by atoms with E-state index in [4.69, 9.17) is 21.1 Å². The molecule has 4 fully saturated rings. The average molecular weight is 582 g/mol. The molecule has 11 nitrogen and oxygen atoms in total. The van der Waals surface area contributed by atoms with E-state index in [9.17, 15) is 28.8 Å². The molecule has 11 heteroatoms. The highest BCUT2D eigenvalue weighted by Crippen LogP contribution is 2.45. The fourth-order valence-electron chi connectivity index (χ4n) is 7.30. The van der Waals surface area contributed by atoms with Crippen LogP contribution in [0.3, 0.4) is 0 Å². The van der Waals surface area contributed by atoms with Crippen molar-refractivity contribution in [3.63, 3.8) is 0 Å². The van der Waals surface area contributed by atoms with Gasteiger partial charge in [0.1, 0.15) is 0 Å². The molecule has 1 spiro atoms. The molecule has 3 aliphatic carbocycles. The second-order valence-electron chi connectivity index (χ2n) is 12.7. The average Bonchev–Trinajstić information content (AvgIpc) is 2.83. The molecule has 41 heavy (non-hydrogen) atoms. The van der Waals surface area contributed by atoms with Gasteiger partial charge < -0.3 is 25.8 Å². The van der Waals surface area contributed by atoms with Crippen LogP contribution in [0, 0.1) is 16.2 Å². The Morgan fingerprint density at radius 2 is 0.878 bits per heavy atom. The number of rotatable bonds is 8. The molecule has 4 aliphatic rings. The zero-order valence-corrected chi connectivity index (χ0v) is 24.1. The van der Waals surface area contributed by atoms with Gasteiger partial charge in [-0.05, 0) is 54.8 Å². The molecule has 3 saturated carbocycles. The van der Waals surface area contributed by atoms with Crippen molar-refractivity contribution >= 4 is 35.8 Å². The summed E-state index contributed by atoms with van der Waals surface area (Å²) in [6.07, 6.45) is 16.1. The van der Waals surface area contributed by atoms with Crippen LogP contribution in [-0.4, -0.2) is 51.1 Å². The first-order valence-corrected chi connectivity index (χ1v) is 15.0. The molecule has 0 radical (unpaired) electrons. The maximum atomic E-state index is 11.1. The number of hydrogen-bond acceptors (Lipinski definition) is 7. The molecular weight excluding hydrogens is 534 g/mol. The molecule has 0 aromatic heterocycles. The summed E-state index contributed by atoms with van der Waals surface area (Å²) >= 11 is 0. The van der Waals surface area contributed by atoms with Crippen molar-refractivity contribution in [2.24, 2.45) is 22.0 Å². The Kier molecular flexibility index (Phi) is 13.2. The number of carbonyl (C=O) groups is 6. The van der Waals surface area contributed by atoms with Crippen LogP contribution < -0.4 is 5.73 Å². The summed E-state index contributed by atoms with van der Waals surface area (Å²) in [6, 6.07) is 0. The number of nitrogens with two attached hydrogens (primary N) is 1. The number of aliphatic carboxylic acids is 3. The van der Waals surface area contributed by atoms with E-state index in [0.29, 0.717) is 12.8 Å². The normalized spacial score (nSPS) is 22.5. The van der Waals surface area contributed by atoms with Gasteiger partial charge in [-0.1, -0.05) is 57.8 Å². The van der Waals surface area contributed by atoms with E-state index >= 15 is 0 Å². The third-order valence-electron chi connectivity index (χ3n) is 9.14. The molecule has 0 unspecified atom stereocenters. The summed E-state index contributed by atoms with van der Waals surface area (Å²) in [7, 11) is 0. The molecule has 1 heterocycles. The van der Waals surface area contributed by atoms with Crippen LogP contribution in [-0.2, 0) is 33.5 Å². The number of esters is 2. The molecule has 1 aliphatic heterocycles. The summed E-state index contributed by atoms with van der Waals surface area (Å²) in [5.41, 5.74) is 4.30.